The minimum atomic E-state index is -0.320. The Morgan fingerprint density at radius 1 is 1.48 bits per heavy atom. The topological polar surface area (TPSA) is 65.0 Å². The molecule has 2 aliphatic rings. The number of aliphatic hydroxyl groups is 1. The third-order valence-corrected chi connectivity index (χ3v) is 4.37. The number of carbonyl (C=O) groups is 1. The van der Waals surface area contributed by atoms with Crippen LogP contribution in [0.4, 0.5) is 4.79 Å². The molecule has 2 rings (SSSR count). The van der Waals surface area contributed by atoms with Crippen molar-refractivity contribution in [2.75, 3.05) is 39.3 Å². The summed E-state index contributed by atoms with van der Waals surface area (Å²) < 4.78 is 5.52. The highest BCUT2D eigenvalue weighted by atomic mass is 16.5. The molecule has 2 aliphatic heterocycles. The molecule has 0 aromatic carbocycles. The summed E-state index contributed by atoms with van der Waals surface area (Å²) in [5.41, 5.74) is 0. The Labute approximate surface area is 127 Å². The van der Waals surface area contributed by atoms with Crippen molar-refractivity contribution >= 4 is 6.03 Å². The number of amides is 2. The monoisotopic (exact) mass is 299 g/mol. The van der Waals surface area contributed by atoms with E-state index in [0.717, 1.165) is 45.5 Å². The summed E-state index contributed by atoms with van der Waals surface area (Å²) in [6, 6.07) is 0.350. The Kier molecular flexibility index (Phi) is 6.26. The van der Waals surface area contributed by atoms with E-state index in [4.69, 9.17) is 4.74 Å². The van der Waals surface area contributed by atoms with Gasteiger partial charge < -0.3 is 20.1 Å². The maximum Gasteiger partial charge on any atom is 0.317 e. The number of carbonyl (C=O) groups excluding carboxylic acids is 1. The molecule has 0 radical (unpaired) electrons. The molecule has 21 heavy (non-hydrogen) atoms. The quantitative estimate of drug-likeness (QED) is 0.782. The van der Waals surface area contributed by atoms with Gasteiger partial charge in [-0.25, -0.2) is 4.79 Å². The third kappa shape index (κ3) is 4.83. The van der Waals surface area contributed by atoms with E-state index in [0.29, 0.717) is 19.1 Å². The Morgan fingerprint density at radius 2 is 2.29 bits per heavy atom. The zero-order valence-corrected chi connectivity index (χ0v) is 13.3. The number of hydrogen-bond donors (Lipinski definition) is 2. The standard InChI is InChI=1S/C15H29N3O3/c1-3-13-11-18(7-6-17(13)10-12(2)19)15(20)16-9-14-5-4-8-21-14/h12-14,19H,3-11H2,1-2H3,(H,16,20)/t12-,13-,14-/m1/s1. The van der Waals surface area contributed by atoms with Crippen molar-refractivity contribution in [2.24, 2.45) is 0 Å². The second-order valence-corrected chi connectivity index (χ2v) is 6.17. The molecule has 0 aromatic rings. The van der Waals surface area contributed by atoms with Crippen molar-refractivity contribution in [1.29, 1.82) is 0 Å². The van der Waals surface area contributed by atoms with E-state index < -0.39 is 0 Å². The lowest BCUT2D eigenvalue weighted by atomic mass is 10.1. The number of β-amino-alcohol motifs (C(OH)–C–C–N with tert-alkyl or cyclic N) is 1. The van der Waals surface area contributed by atoms with Crippen LogP contribution in [-0.4, -0.2) is 78.5 Å². The largest absolute Gasteiger partial charge is 0.392 e. The molecule has 2 saturated heterocycles. The first-order valence-corrected chi connectivity index (χ1v) is 8.16. The zero-order valence-electron chi connectivity index (χ0n) is 13.3. The predicted molar refractivity (Wildman–Crippen MR) is 81.3 cm³/mol. The number of nitrogens with zero attached hydrogens (tertiary/aromatic N) is 2. The number of urea groups is 1. The molecule has 2 N–H and O–H groups in total. The molecule has 2 fully saturated rings. The van der Waals surface area contributed by atoms with Crippen LogP contribution in [0.3, 0.4) is 0 Å². The van der Waals surface area contributed by atoms with Crippen molar-refractivity contribution in [3.8, 4) is 0 Å². The fourth-order valence-electron chi connectivity index (χ4n) is 3.16. The normalized spacial score (nSPS) is 28.6. The summed E-state index contributed by atoms with van der Waals surface area (Å²) in [7, 11) is 0. The Morgan fingerprint density at radius 3 is 2.90 bits per heavy atom. The van der Waals surface area contributed by atoms with Crippen LogP contribution in [0.5, 0.6) is 0 Å². The van der Waals surface area contributed by atoms with Gasteiger partial charge in [0, 0.05) is 45.4 Å². The van der Waals surface area contributed by atoms with Crippen molar-refractivity contribution < 1.29 is 14.6 Å². The smallest absolute Gasteiger partial charge is 0.317 e. The maximum absolute atomic E-state index is 12.2. The average Bonchev–Trinajstić information content (AvgIpc) is 2.98. The molecule has 122 valence electrons. The van der Waals surface area contributed by atoms with Gasteiger partial charge in [-0.15, -0.1) is 0 Å². The van der Waals surface area contributed by atoms with Crippen LogP contribution < -0.4 is 5.32 Å². The molecule has 6 heteroatoms. The molecular weight excluding hydrogens is 270 g/mol. The van der Waals surface area contributed by atoms with Gasteiger partial charge in [0.1, 0.15) is 0 Å². The first-order valence-electron chi connectivity index (χ1n) is 8.16. The summed E-state index contributed by atoms with van der Waals surface area (Å²) in [5.74, 6) is 0. The molecule has 2 amide bonds. The number of aliphatic hydroxyl groups excluding tert-OH is 1. The Bertz CT molecular complexity index is 332. The highest BCUT2D eigenvalue weighted by Gasteiger charge is 2.29. The van der Waals surface area contributed by atoms with E-state index in [1.807, 2.05) is 11.8 Å². The van der Waals surface area contributed by atoms with Crippen LogP contribution in [0.1, 0.15) is 33.1 Å². The number of nitrogens with one attached hydrogen (secondary N) is 1. The number of hydrogen-bond acceptors (Lipinski definition) is 4. The molecular formula is C15H29N3O3. The van der Waals surface area contributed by atoms with E-state index in [1.54, 1.807) is 0 Å². The second-order valence-electron chi connectivity index (χ2n) is 6.17. The molecule has 6 nitrogen and oxygen atoms in total. The molecule has 0 aliphatic carbocycles. The van der Waals surface area contributed by atoms with Gasteiger partial charge in [-0.05, 0) is 26.2 Å². The van der Waals surface area contributed by atoms with E-state index in [1.165, 1.54) is 0 Å². The first-order chi connectivity index (χ1) is 10.1. The molecule has 2 heterocycles. The fraction of sp³-hybridized carbons (Fsp3) is 0.933. The van der Waals surface area contributed by atoms with Crippen LogP contribution in [0, 0.1) is 0 Å². The van der Waals surface area contributed by atoms with Gasteiger partial charge >= 0.3 is 6.03 Å². The van der Waals surface area contributed by atoms with Gasteiger partial charge in [-0.1, -0.05) is 6.92 Å². The lowest BCUT2D eigenvalue weighted by molar-refractivity contribution is 0.0471. The summed E-state index contributed by atoms with van der Waals surface area (Å²) in [6.45, 7) is 8.35. The van der Waals surface area contributed by atoms with Crippen LogP contribution in [0.2, 0.25) is 0 Å². The van der Waals surface area contributed by atoms with Crippen LogP contribution in [0.25, 0.3) is 0 Å². The lowest BCUT2D eigenvalue weighted by Crippen LogP contribution is -2.58. The van der Waals surface area contributed by atoms with Crippen LogP contribution >= 0.6 is 0 Å². The van der Waals surface area contributed by atoms with Gasteiger partial charge in [0.15, 0.2) is 0 Å². The molecule has 0 saturated carbocycles. The van der Waals surface area contributed by atoms with Crippen molar-refractivity contribution in [3.05, 3.63) is 0 Å². The Balaban J connectivity index is 1.77. The highest BCUT2D eigenvalue weighted by Crippen LogP contribution is 2.14. The van der Waals surface area contributed by atoms with E-state index in [9.17, 15) is 9.90 Å². The number of ether oxygens (including phenoxy) is 1. The van der Waals surface area contributed by atoms with Gasteiger partial charge in [0.25, 0.3) is 0 Å². The first kappa shape index (κ1) is 16.5. The number of piperazine rings is 1. The van der Waals surface area contributed by atoms with Crippen molar-refractivity contribution in [3.63, 3.8) is 0 Å². The second kappa shape index (κ2) is 7.96. The van der Waals surface area contributed by atoms with E-state index >= 15 is 0 Å². The maximum atomic E-state index is 12.2. The van der Waals surface area contributed by atoms with Crippen molar-refractivity contribution in [2.45, 2.75) is 51.4 Å². The third-order valence-electron chi connectivity index (χ3n) is 4.37. The SMILES string of the molecule is CC[C@@H]1CN(C(=O)NC[C@H]2CCCO2)CCN1C[C@@H](C)O. The van der Waals surface area contributed by atoms with Gasteiger partial charge in [0.05, 0.1) is 12.2 Å². The van der Waals surface area contributed by atoms with Crippen molar-refractivity contribution in [1.82, 2.24) is 15.1 Å². The summed E-state index contributed by atoms with van der Waals surface area (Å²) in [4.78, 5) is 16.4. The van der Waals surface area contributed by atoms with Gasteiger partial charge in [-0.2, -0.15) is 0 Å². The minimum absolute atomic E-state index is 0.0145. The summed E-state index contributed by atoms with van der Waals surface area (Å²) >= 11 is 0. The van der Waals surface area contributed by atoms with Gasteiger partial charge in [-0.3, -0.25) is 4.90 Å². The fourth-order valence-corrected chi connectivity index (χ4v) is 3.16. The van der Waals surface area contributed by atoms with Crippen LogP contribution in [-0.2, 0) is 4.74 Å². The molecule has 3 atom stereocenters. The average molecular weight is 299 g/mol. The number of rotatable bonds is 5. The summed E-state index contributed by atoms with van der Waals surface area (Å²) in [5, 5.41) is 12.5. The highest BCUT2D eigenvalue weighted by molar-refractivity contribution is 5.74. The van der Waals surface area contributed by atoms with E-state index in [2.05, 4.69) is 17.1 Å². The van der Waals surface area contributed by atoms with Crippen LogP contribution in [0.15, 0.2) is 0 Å². The predicted octanol–water partition coefficient (Wildman–Crippen LogP) is 0.652. The van der Waals surface area contributed by atoms with Gasteiger partial charge in [0.2, 0.25) is 0 Å². The molecule has 0 aromatic heterocycles. The Hall–Kier alpha value is -0.850. The molecule has 0 bridgehead atoms. The minimum Gasteiger partial charge on any atom is -0.392 e. The van der Waals surface area contributed by atoms with E-state index in [-0.39, 0.29) is 18.2 Å². The summed E-state index contributed by atoms with van der Waals surface area (Å²) in [6.07, 6.45) is 2.99. The lowest BCUT2D eigenvalue weighted by Gasteiger charge is -2.41. The molecule has 0 unspecified atom stereocenters. The zero-order chi connectivity index (χ0) is 15.2. The molecule has 0 spiro atoms.